The maximum Gasteiger partial charge on any atom is 0.161 e. The number of aryl methyl sites for hydroxylation is 2. The Morgan fingerprint density at radius 2 is 2.00 bits per heavy atom. The van der Waals surface area contributed by atoms with Gasteiger partial charge in [0.15, 0.2) is 11.5 Å². The maximum absolute atomic E-state index is 6.00. The van der Waals surface area contributed by atoms with Crippen LogP contribution in [0.2, 0.25) is 0 Å². The van der Waals surface area contributed by atoms with E-state index in [1.165, 1.54) is 51.0 Å². The summed E-state index contributed by atoms with van der Waals surface area (Å²) < 4.78 is 16.8. The van der Waals surface area contributed by atoms with Crippen molar-refractivity contribution in [3.63, 3.8) is 0 Å². The molecule has 1 N–H and O–H groups in total. The molecule has 2 fully saturated rings. The van der Waals surface area contributed by atoms with Crippen molar-refractivity contribution in [2.45, 2.75) is 46.3 Å². The van der Waals surface area contributed by atoms with E-state index in [4.69, 9.17) is 14.0 Å². The minimum Gasteiger partial charge on any atom is -0.493 e. The molecule has 6 heteroatoms. The van der Waals surface area contributed by atoms with Gasteiger partial charge in [-0.2, -0.15) is 0 Å². The summed E-state index contributed by atoms with van der Waals surface area (Å²) >= 11 is 0. The molecule has 1 spiro atoms. The SMILES string of the molecule is COc1cc(CN2CCC3(CCNCC3)C2)ccc1OCc1c(C)noc1C. The summed E-state index contributed by atoms with van der Waals surface area (Å²) in [5.74, 6) is 2.33. The predicted molar refractivity (Wildman–Crippen MR) is 108 cm³/mol. The van der Waals surface area contributed by atoms with E-state index in [2.05, 4.69) is 27.5 Å². The van der Waals surface area contributed by atoms with E-state index in [1.54, 1.807) is 7.11 Å². The van der Waals surface area contributed by atoms with Crippen molar-refractivity contribution in [3.8, 4) is 11.5 Å². The van der Waals surface area contributed by atoms with E-state index in [-0.39, 0.29) is 0 Å². The zero-order chi connectivity index (χ0) is 19.6. The molecule has 3 heterocycles. The predicted octanol–water partition coefficient (Wildman–Crippen LogP) is 3.45. The van der Waals surface area contributed by atoms with Gasteiger partial charge < -0.3 is 19.3 Å². The second-order valence-electron chi connectivity index (χ2n) is 8.29. The number of hydrogen-bond acceptors (Lipinski definition) is 6. The lowest BCUT2D eigenvalue weighted by atomic mass is 9.78. The summed E-state index contributed by atoms with van der Waals surface area (Å²) in [7, 11) is 1.70. The zero-order valence-electron chi connectivity index (χ0n) is 17.2. The Bertz CT molecular complexity index is 792. The lowest BCUT2D eigenvalue weighted by Crippen LogP contribution is -2.38. The molecule has 0 amide bonds. The number of benzene rings is 1. The van der Waals surface area contributed by atoms with Crippen molar-refractivity contribution in [2.75, 3.05) is 33.3 Å². The highest BCUT2D eigenvalue weighted by Gasteiger charge is 2.38. The molecule has 0 radical (unpaired) electrons. The van der Waals surface area contributed by atoms with Crippen molar-refractivity contribution in [1.82, 2.24) is 15.4 Å². The molecule has 0 saturated carbocycles. The van der Waals surface area contributed by atoms with Gasteiger partial charge in [-0.25, -0.2) is 0 Å². The molecule has 4 rings (SSSR count). The Balaban J connectivity index is 1.39. The molecule has 2 aliphatic heterocycles. The van der Waals surface area contributed by atoms with Gasteiger partial charge in [-0.1, -0.05) is 11.2 Å². The molecule has 0 aliphatic carbocycles. The Labute approximate surface area is 167 Å². The molecule has 1 aromatic carbocycles. The van der Waals surface area contributed by atoms with Crippen molar-refractivity contribution in [1.29, 1.82) is 0 Å². The Hall–Kier alpha value is -2.05. The number of nitrogens with one attached hydrogen (secondary N) is 1. The summed E-state index contributed by atoms with van der Waals surface area (Å²) in [6.45, 7) is 9.96. The first-order valence-electron chi connectivity index (χ1n) is 10.2. The van der Waals surface area contributed by atoms with E-state index in [1.807, 2.05) is 19.9 Å². The van der Waals surface area contributed by atoms with Crippen LogP contribution in [-0.2, 0) is 13.2 Å². The topological polar surface area (TPSA) is 59.8 Å². The quantitative estimate of drug-likeness (QED) is 0.822. The van der Waals surface area contributed by atoms with E-state index in [0.717, 1.165) is 35.1 Å². The van der Waals surface area contributed by atoms with Crippen LogP contribution in [0.5, 0.6) is 11.5 Å². The highest BCUT2D eigenvalue weighted by Crippen LogP contribution is 2.39. The molecule has 0 atom stereocenters. The molecule has 0 unspecified atom stereocenters. The first kappa shape index (κ1) is 19.3. The molecular formula is C22H31N3O3. The van der Waals surface area contributed by atoms with E-state index >= 15 is 0 Å². The molecular weight excluding hydrogens is 354 g/mol. The van der Waals surface area contributed by atoms with E-state index in [0.29, 0.717) is 12.0 Å². The number of hydrogen-bond donors (Lipinski definition) is 1. The largest absolute Gasteiger partial charge is 0.493 e. The summed E-state index contributed by atoms with van der Waals surface area (Å²) in [5.41, 5.74) is 3.67. The molecule has 28 heavy (non-hydrogen) atoms. The molecule has 0 bridgehead atoms. The number of piperidine rings is 1. The number of ether oxygens (including phenoxy) is 2. The minimum atomic E-state index is 0.430. The van der Waals surface area contributed by atoms with Crippen molar-refractivity contribution in [2.24, 2.45) is 5.41 Å². The Kier molecular flexibility index (Phi) is 5.60. The van der Waals surface area contributed by atoms with Gasteiger partial charge in [-0.05, 0) is 75.9 Å². The molecule has 152 valence electrons. The van der Waals surface area contributed by atoms with Gasteiger partial charge in [-0.15, -0.1) is 0 Å². The fourth-order valence-corrected chi connectivity index (χ4v) is 4.57. The van der Waals surface area contributed by atoms with Crippen LogP contribution in [0.25, 0.3) is 0 Å². The van der Waals surface area contributed by atoms with Crippen molar-refractivity contribution in [3.05, 3.63) is 40.8 Å². The smallest absolute Gasteiger partial charge is 0.161 e. The third-order valence-electron chi connectivity index (χ3n) is 6.37. The van der Waals surface area contributed by atoms with Gasteiger partial charge in [0.1, 0.15) is 12.4 Å². The Morgan fingerprint density at radius 3 is 2.71 bits per heavy atom. The summed E-state index contributed by atoms with van der Waals surface area (Å²) in [6.07, 6.45) is 3.94. The monoisotopic (exact) mass is 385 g/mol. The van der Waals surface area contributed by atoms with Gasteiger partial charge in [-0.3, -0.25) is 4.90 Å². The first-order chi connectivity index (χ1) is 13.6. The second kappa shape index (κ2) is 8.13. The number of nitrogens with zero attached hydrogens (tertiary/aromatic N) is 2. The summed E-state index contributed by atoms with van der Waals surface area (Å²) in [5, 5.41) is 7.47. The highest BCUT2D eigenvalue weighted by molar-refractivity contribution is 5.43. The van der Waals surface area contributed by atoms with Crippen LogP contribution in [0.3, 0.4) is 0 Å². The van der Waals surface area contributed by atoms with Gasteiger partial charge in [0.2, 0.25) is 0 Å². The normalized spacial score (nSPS) is 19.2. The van der Waals surface area contributed by atoms with Gasteiger partial charge >= 0.3 is 0 Å². The molecule has 2 saturated heterocycles. The standard InChI is InChI=1S/C22H31N3O3/c1-16-19(17(2)28-24-16)14-27-20-5-4-18(12-21(20)26-3)13-25-11-8-22(15-25)6-9-23-10-7-22/h4-5,12,23H,6-11,13-15H2,1-3H3. The van der Waals surface area contributed by atoms with Crippen LogP contribution in [0.4, 0.5) is 0 Å². The average Bonchev–Trinajstić information content (AvgIpc) is 3.24. The Morgan fingerprint density at radius 1 is 1.18 bits per heavy atom. The van der Waals surface area contributed by atoms with Crippen molar-refractivity contribution < 1.29 is 14.0 Å². The van der Waals surface area contributed by atoms with Crippen LogP contribution in [0.1, 0.15) is 41.8 Å². The first-order valence-corrected chi connectivity index (χ1v) is 10.2. The number of rotatable bonds is 6. The molecule has 6 nitrogen and oxygen atoms in total. The fourth-order valence-electron chi connectivity index (χ4n) is 4.57. The molecule has 1 aromatic heterocycles. The zero-order valence-corrected chi connectivity index (χ0v) is 17.2. The second-order valence-corrected chi connectivity index (χ2v) is 8.29. The van der Waals surface area contributed by atoms with Crippen molar-refractivity contribution >= 4 is 0 Å². The van der Waals surface area contributed by atoms with Crippen LogP contribution in [-0.4, -0.2) is 43.3 Å². The van der Waals surface area contributed by atoms with Crippen LogP contribution < -0.4 is 14.8 Å². The molecule has 2 aliphatic rings. The van der Waals surface area contributed by atoms with Gasteiger partial charge in [0.05, 0.1) is 18.4 Å². The molecule has 2 aromatic rings. The van der Waals surface area contributed by atoms with Gasteiger partial charge in [0, 0.05) is 13.1 Å². The average molecular weight is 386 g/mol. The lowest BCUT2D eigenvalue weighted by Gasteiger charge is -2.34. The highest BCUT2D eigenvalue weighted by atomic mass is 16.5. The van der Waals surface area contributed by atoms with Crippen LogP contribution in [0.15, 0.2) is 22.7 Å². The van der Waals surface area contributed by atoms with Crippen LogP contribution in [0, 0.1) is 19.3 Å². The number of methoxy groups -OCH3 is 1. The number of aromatic nitrogens is 1. The fraction of sp³-hybridized carbons (Fsp3) is 0.591. The third-order valence-corrected chi connectivity index (χ3v) is 6.37. The maximum atomic E-state index is 6.00. The minimum absolute atomic E-state index is 0.430. The summed E-state index contributed by atoms with van der Waals surface area (Å²) in [4.78, 5) is 2.59. The van der Waals surface area contributed by atoms with E-state index < -0.39 is 0 Å². The van der Waals surface area contributed by atoms with Gasteiger partial charge in [0.25, 0.3) is 0 Å². The summed E-state index contributed by atoms with van der Waals surface area (Å²) in [6, 6.07) is 6.28. The lowest BCUT2D eigenvalue weighted by molar-refractivity contribution is 0.194. The third kappa shape index (κ3) is 4.03. The van der Waals surface area contributed by atoms with Crippen LogP contribution >= 0.6 is 0 Å². The number of likely N-dealkylation sites (tertiary alicyclic amines) is 1. The van der Waals surface area contributed by atoms with E-state index in [9.17, 15) is 0 Å².